The van der Waals surface area contributed by atoms with Crippen molar-refractivity contribution in [3.8, 4) is 17.2 Å². The lowest BCUT2D eigenvalue weighted by Gasteiger charge is -2.17. The Morgan fingerprint density at radius 1 is 1.00 bits per heavy atom. The van der Waals surface area contributed by atoms with Crippen molar-refractivity contribution in [1.82, 2.24) is 10.9 Å². The van der Waals surface area contributed by atoms with Crippen molar-refractivity contribution in [2.24, 2.45) is 0 Å². The van der Waals surface area contributed by atoms with Crippen LogP contribution in [0.1, 0.15) is 24.5 Å². The molecule has 0 radical (unpaired) electrons. The van der Waals surface area contributed by atoms with Gasteiger partial charge in [0.2, 0.25) is 0 Å². The number of carbonyl (C=O) groups is 1. The van der Waals surface area contributed by atoms with E-state index in [4.69, 9.17) is 26.4 Å². The van der Waals surface area contributed by atoms with Gasteiger partial charge in [0.05, 0.1) is 14.2 Å². The van der Waals surface area contributed by atoms with E-state index in [9.17, 15) is 4.79 Å². The van der Waals surface area contributed by atoms with Crippen LogP contribution < -0.4 is 30.4 Å². The Bertz CT molecular complexity index is 903. The summed E-state index contributed by atoms with van der Waals surface area (Å²) in [6.07, 6.45) is 2.67. The summed E-state index contributed by atoms with van der Waals surface area (Å²) in [7, 11) is 3.12. The van der Waals surface area contributed by atoms with Gasteiger partial charge in [-0.3, -0.25) is 15.6 Å². The van der Waals surface area contributed by atoms with Crippen molar-refractivity contribution in [2.45, 2.75) is 32.3 Å². The fraction of sp³-hybridized carbons (Fsp3) is 0.333. The maximum Gasteiger partial charge on any atom is 0.279 e. The van der Waals surface area contributed by atoms with Gasteiger partial charge in [0.15, 0.2) is 22.7 Å². The van der Waals surface area contributed by atoms with Crippen LogP contribution in [0, 0.1) is 0 Å². The van der Waals surface area contributed by atoms with Crippen LogP contribution in [-0.4, -0.2) is 31.3 Å². The van der Waals surface area contributed by atoms with Gasteiger partial charge in [-0.05, 0) is 73.8 Å². The van der Waals surface area contributed by atoms with Crippen LogP contribution in [0.25, 0.3) is 0 Å². The van der Waals surface area contributed by atoms with E-state index in [1.807, 2.05) is 12.1 Å². The van der Waals surface area contributed by atoms with Gasteiger partial charge < -0.3 is 19.5 Å². The third kappa shape index (κ3) is 5.29. The normalized spacial score (nSPS) is 13.1. The summed E-state index contributed by atoms with van der Waals surface area (Å²) in [5, 5.41) is 3.20. The fourth-order valence-electron chi connectivity index (χ4n) is 3.18. The van der Waals surface area contributed by atoms with Crippen LogP contribution in [0.4, 0.5) is 5.69 Å². The second kappa shape index (κ2) is 9.47. The Labute approximate surface area is 175 Å². The highest BCUT2D eigenvalue weighted by Gasteiger charge is 2.17. The molecule has 8 heteroatoms. The number of hydrogen-bond donors (Lipinski definition) is 3. The quantitative estimate of drug-likeness (QED) is 0.494. The zero-order valence-corrected chi connectivity index (χ0v) is 17.5. The molecule has 1 aliphatic carbocycles. The number of benzene rings is 2. The first-order valence-corrected chi connectivity index (χ1v) is 9.78. The fourth-order valence-corrected chi connectivity index (χ4v) is 3.34. The summed E-state index contributed by atoms with van der Waals surface area (Å²) in [6.45, 7) is 1.69. The van der Waals surface area contributed by atoms with Crippen molar-refractivity contribution in [3.63, 3.8) is 0 Å². The second-order valence-corrected chi connectivity index (χ2v) is 7.09. The number of carbonyl (C=O) groups excluding carboxylic acids is 1. The van der Waals surface area contributed by atoms with E-state index in [-0.39, 0.29) is 11.0 Å². The van der Waals surface area contributed by atoms with E-state index in [1.54, 1.807) is 39.3 Å². The molecular weight excluding hydrogens is 390 g/mol. The maximum atomic E-state index is 12.3. The van der Waals surface area contributed by atoms with Crippen LogP contribution in [0.2, 0.25) is 0 Å². The number of methoxy groups -OCH3 is 2. The summed E-state index contributed by atoms with van der Waals surface area (Å²) in [4.78, 5) is 12.3. The zero-order chi connectivity index (χ0) is 20.8. The van der Waals surface area contributed by atoms with Crippen LogP contribution in [0.5, 0.6) is 17.2 Å². The first-order chi connectivity index (χ1) is 14.0. The molecule has 0 bridgehead atoms. The Morgan fingerprint density at radius 2 is 1.76 bits per heavy atom. The molecule has 2 aromatic carbocycles. The molecule has 154 valence electrons. The number of aryl methyl sites for hydroxylation is 2. The Kier molecular flexibility index (Phi) is 6.77. The minimum atomic E-state index is -0.675. The Hall–Kier alpha value is -3.00. The Morgan fingerprint density at radius 3 is 2.52 bits per heavy atom. The predicted octanol–water partition coefficient (Wildman–Crippen LogP) is 2.98. The topological polar surface area (TPSA) is 80.9 Å². The lowest BCUT2D eigenvalue weighted by molar-refractivity contribution is -0.127. The van der Waals surface area contributed by atoms with Gasteiger partial charge in [0, 0.05) is 11.8 Å². The SMILES string of the molecule is COc1ccc(NC(=S)NNC(=O)[C@H](C)Oc2ccc3c(c2)CCC3)cc1OC. The highest BCUT2D eigenvalue weighted by molar-refractivity contribution is 7.80. The van der Waals surface area contributed by atoms with Crippen LogP contribution in [-0.2, 0) is 17.6 Å². The van der Waals surface area contributed by atoms with Crippen molar-refractivity contribution < 1.29 is 19.0 Å². The number of hydrazine groups is 1. The highest BCUT2D eigenvalue weighted by Crippen LogP contribution is 2.29. The molecule has 1 amide bonds. The molecule has 0 unspecified atom stereocenters. The van der Waals surface area contributed by atoms with Gasteiger partial charge in [-0.1, -0.05) is 6.07 Å². The minimum Gasteiger partial charge on any atom is -0.493 e. The average Bonchev–Trinajstić information content (AvgIpc) is 3.19. The van der Waals surface area contributed by atoms with E-state index in [2.05, 4.69) is 22.2 Å². The molecule has 29 heavy (non-hydrogen) atoms. The molecule has 0 fully saturated rings. The first-order valence-electron chi connectivity index (χ1n) is 9.37. The zero-order valence-electron chi connectivity index (χ0n) is 16.7. The van der Waals surface area contributed by atoms with Gasteiger partial charge in [0.25, 0.3) is 5.91 Å². The summed E-state index contributed by atoms with van der Waals surface area (Å²) < 4.78 is 16.2. The van der Waals surface area contributed by atoms with Gasteiger partial charge >= 0.3 is 0 Å². The third-order valence-electron chi connectivity index (χ3n) is 4.69. The van der Waals surface area contributed by atoms with Crippen LogP contribution in [0.15, 0.2) is 36.4 Å². The molecule has 0 aromatic heterocycles. The predicted molar refractivity (Wildman–Crippen MR) is 116 cm³/mol. The lowest BCUT2D eigenvalue weighted by atomic mass is 10.1. The number of fused-ring (bicyclic) bond motifs is 1. The van der Waals surface area contributed by atoms with Crippen molar-refractivity contribution >= 4 is 28.9 Å². The van der Waals surface area contributed by atoms with Crippen molar-refractivity contribution in [1.29, 1.82) is 0 Å². The lowest BCUT2D eigenvalue weighted by Crippen LogP contribution is -2.48. The molecule has 3 rings (SSSR count). The number of anilines is 1. The molecular formula is C21H25N3O4S. The van der Waals surface area contributed by atoms with Gasteiger partial charge in [0.1, 0.15) is 5.75 Å². The van der Waals surface area contributed by atoms with Crippen molar-refractivity contribution in [2.75, 3.05) is 19.5 Å². The van der Waals surface area contributed by atoms with E-state index >= 15 is 0 Å². The van der Waals surface area contributed by atoms with E-state index in [0.717, 1.165) is 12.8 Å². The summed E-state index contributed by atoms with van der Waals surface area (Å²) in [5.74, 6) is 1.55. The maximum absolute atomic E-state index is 12.3. The number of rotatable bonds is 6. The standard InChI is InChI=1S/C21H25N3O4S/c1-13(28-17-9-7-14-5-4-6-15(14)11-17)20(25)23-24-21(29)22-16-8-10-18(26-2)19(12-16)27-3/h7-13H,4-6H2,1-3H3,(H,23,25)(H2,22,24,29)/t13-/m0/s1. The highest BCUT2D eigenvalue weighted by atomic mass is 32.1. The van der Waals surface area contributed by atoms with Crippen LogP contribution in [0.3, 0.4) is 0 Å². The van der Waals surface area contributed by atoms with Crippen LogP contribution >= 0.6 is 12.2 Å². The Balaban J connectivity index is 1.48. The molecule has 7 nitrogen and oxygen atoms in total. The van der Waals surface area contributed by atoms with E-state index in [0.29, 0.717) is 22.9 Å². The summed E-state index contributed by atoms with van der Waals surface area (Å²) in [6, 6.07) is 11.3. The molecule has 0 heterocycles. The number of nitrogens with one attached hydrogen (secondary N) is 3. The average molecular weight is 416 g/mol. The number of hydrogen-bond acceptors (Lipinski definition) is 5. The molecule has 0 spiro atoms. The molecule has 0 aliphatic heterocycles. The molecule has 3 N–H and O–H groups in total. The summed E-state index contributed by atoms with van der Waals surface area (Å²) in [5.41, 5.74) is 8.58. The van der Waals surface area contributed by atoms with Gasteiger partial charge in [-0.25, -0.2) is 0 Å². The monoisotopic (exact) mass is 415 g/mol. The molecule has 2 aromatic rings. The first kappa shape index (κ1) is 20.7. The number of amides is 1. The van der Waals surface area contributed by atoms with Gasteiger partial charge in [-0.15, -0.1) is 0 Å². The largest absolute Gasteiger partial charge is 0.493 e. The molecule has 0 saturated heterocycles. The second-order valence-electron chi connectivity index (χ2n) is 6.68. The van der Waals surface area contributed by atoms with Gasteiger partial charge in [-0.2, -0.15) is 0 Å². The molecule has 1 atom stereocenters. The number of thiocarbonyl (C=S) groups is 1. The molecule has 1 aliphatic rings. The summed E-state index contributed by atoms with van der Waals surface area (Å²) >= 11 is 5.22. The van der Waals surface area contributed by atoms with E-state index < -0.39 is 6.10 Å². The molecule has 0 saturated carbocycles. The third-order valence-corrected chi connectivity index (χ3v) is 4.90. The van der Waals surface area contributed by atoms with E-state index in [1.165, 1.54) is 17.5 Å². The minimum absolute atomic E-state index is 0.232. The smallest absolute Gasteiger partial charge is 0.279 e. The number of ether oxygens (including phenoxy) is 3. The van der Waals surface area contributed by atoms with Crippen molar-refractivity contribution in [3.05, 3.63) is 47.5 Å².